The molecule has 0 aliphatic rings. The molecule has 0 bridgehead atoms. The van der Waals surface area contributed by atoms with E-state index in [-0.39, 0.29) is 0 Å². The number of benzene rings is 1. The number of hydrogen-bond acceptors (Lipinski definition) is 4. The molecule has 0 spiro atoms. The summed E-state index contributed by atoms with van der Waals surface area (Å²) < 4.78 is 5.09. The van der Waals surface area contributed by atoms with Gasteiger partial charge in [0.15, 0.2) is 0 Å². The topological polar surface area (TPSA) is 60.2 Å². The summed E-state index contributed by atoms with van der Waals surface area (Å²) in [5.41, 5.74) is 9.68. The van der Waals surface area contributed by atoms with Crippen LogP contribution in [0.1, 0.15) is 11.1 Å². The van der Waals surface area contributed by atoms with Crippen LogP contribution in [0, 0.1) is 13.8 Å². The summed E-state index contributed by atoms with van der Waals surface area (Å²) in [6.07, 6.45) is 0. The summed E-state index contributed by atoms with van der Waals surface area (Å²) in [5, 5.41) is 3.24. The van der Waals surface area contributed by atoms with Crippen LogP contribution in [-0.2, 0) is 0 Å². The molecule has 4 nitrogen and oxygen atoms in total. The molecule has 0 amide bonds. The van der Waals surface area contributed by atoms with E-state index in [0.717, 1.165) is 5.69 Å². The molecule has 0 radical (unpaired) electrons. The number of methoxy groups -OCH3 is 1. The van der Waals surface area contributed by atoms with Gasteiger partial charge >= 0.3 is 0 Å². The Morgan fingerprint density at radius 3 is 2.39 bits per heavy atom. The maximum atomic E-state index is 5.73. The number of hydrogen-bond donors (Lipinski definition) is 2. The second-order valence-corrected chi connectivity index (χ2v) is 4.30. The monoisotopic (exact) mass is 243 g/mol. The third-order valence-electron chi connectivity index (χ3n) is 2.58. The Morgan fingerprint density at radius 1 is 1.11 bits per heavy atom. The van der Waals surface area contributed by atoms with Crippen molar-refractivity contribution in [3.8, 4) is 5.88 Å². The maximum absolute atomic E-state index is 5.73. The third-order valence-corrected chi connectivity index (χ3v) is 2.58. The van der Waals surface area contributed by atoms with E-state index in [4.69, 9.17) is 10.5 Å². The van der Waals surface area contributed by atoms with Gasteiger partial charge in [-0.3, -0.25) is 0 Å². The SMILES string of the molecule is COc1nc(Nc2cc(C)cc(C)c2)ccc1N. The van der Waals surface area contributed by atoms with Crippen molar-refractivity contribution in [2.45, 2.75) is 13.8 Å². The van der Waals surface area contributed by atoms with Crippen LogP contribution < -0.4 is 15.8 Å². The Labute approximate surface area is 107 Å². The van der Waals surface area contributed by atoms with Crippen LogP contribution in [0.4, 0.5) is 17.2 Å². The first-order valence-corrected chi connectivity index (χ1v) is 5.74. The fourth-order valence-corrected chi connectivity index (χ4v) is 1.88. The normalized spacial score (nSPS) is 10.2. The highest BCUT2D eigenvalue weighted by molar-refractivity contribution is 5.61. The molecule has 1 heterocycles. The Balaban J connectivity index is 2.28. The van der Waals surface area contributed by atoms with Crippen LogP contribution in [-0.4, -0.2) is 12.1 Å². The summed E-state index contributed by atoms with van der Waals surface area (Å²) in [5.74, 6) is 1.15. The quantitative estimate of drug-likeness (QED) is 0.869. The predicted molar refractivity (Wildman–Crippen MR) is 74.4 cm³/mol. The second-order valence-electron chi connectivity index (χ2n) is 4.30. The third kappa shape index (κ3) is 2.71. The number of anilines is 3. The molecule has 0 unspecified atom stereocenters. The number of nitrogens with zero attached hydrogens (tertiary/aromatic N) is 1. The smallest absolute Gasteiger partial charge is 0.238 e. The second kappa shape index (κ2) is 4.96. The molecule has 1 aromatic carbocycles. The van der Waals surface area contributed by atoms with Crippen molar-refractivity contribution in [1.82, 2.24) is 4.98 Å². The van der Waals surface area contributed by atoms with Crippen LogP contribution in [0.15, 0.2) is 30.3 Å². The van der Waals surface area contributed by atoms with Crippen LogP contribution in [0.2, 0.25) is 0 Å². The zero-order valence-electron chi connectivity index (χ0n) is 10.8. The van der Waals surface area contributed by atoms with Gasteiger partial charge < -0.3 is 15.8 Å². The molecule has 0 aliphatic carbocycles. The molecule has 94 valence electrons. The van der Waals surface area contributed by atoms with Crippen molar-refractivity contribution in [2.24, 2.45) is 0 Å². The number of ether oxygens (including phenoxy) is 1. The minimum Gasteiger partial charge on any atom is -0.479 e. The molecule has 18 heavy (non-hydrogen) atoms. The number of aromatic nitrogens is 1. The number of pyridine rings is 1. The number of nitrogens with one attached hydrogen (secondary N) is 1. The molecule has 0 saturated heterocycles. The molecule has 0 atom stereocenters. The lowest BCUT2D eigenvalue weighted by atomic mass is 10.1. The average Bonchev–Trinajstić information content (AvgIpc) is 2.30. The maximum Gasteiger partial charge on any atom is 0.238 e. The van der Waals surface area contributed by atoms with E-state index in [2.05, 4.69) is 42.3 Å². The molecular weight excluding hydrogens is 226 g/mol. The Hall–Kier alpha value is -2.23. The lowest BCUT2D eigenvalue weighted by Gasteiger charge is -2.10. The fraction of sp³-hybridized carbons (Fsp3) is 0.214. The van der Waals surface area contributed by atoms with Gasteiger partial charge in [-0.2, -0.15) is 4.98 Å². The van der Waals surface area contributed by atoms with E-state index in [1.807, 2.05) is 6.07 Å². The van der Waals surface area contributed by atoms with Gasteiger partial charge in [0.05, 0.1) is 12.8 Å². The van der Waals surface area contributed by atoms with Gasteiger partial charge in [-0.1, -0.05) is 6.07 Å². The van der Waals surface area contributed by atoms with Gasteiger partial charge in [-0.15, -0.1) is 0 Å². The number of rotatable bonds is 3. The first kappa shape index (κ1) is 12.2. The number of nitrogens with two attached hydrogens (primary N) is 1. The molecule has 0 aliphatic heterocycles. The van der Waals surface area contributed by atoms with Crippen LogP contribution in [0.5, 0.6) is 5.88 Å². The van der Waals surface area contributed by atoms with Gasteiger partial charge in [0, 0.05) is 5.69 Å². The highest BCUT2D eigenvalue weighted by Gasteiger charge is 2.03. The zero-order valence-corrected chi connectivity index (χ0v) is 10.8. The lowest BCUT2D eigenvalue weighted by Crippen LogP contribution is -1.99. The Kier molecular flexibility index (Phi) is 3.37. The largest absolute Gasteiger partial charge is 0.479 e. The molecule has 0 fully saturated rings. The molecular formula is C14H17N3O. The van der Waals surface area contributed by atoms with E-state index < -0.39 is 0 Å². The first-order chi connectivity index (χ1) is 8.58. The minimum absolute atomic E-state index is 0.435. The Morgan fingerprint density at radius 2 is 1.78 bits per heavy atom. The molecule has 1 aromatic heterocycles. The summed E-state index contributed by atoms with van der Waals surface area (Å²) in [6, 6.07) is 9.86. The van der Waals surface area contributed by atoms with Crippen molar-refractivity contribution >= 4 is 17.2 Å². The minimum atomic E-state index is 0.435. The average molecular weight is 243 g/mol. The number of nitrogen functional groups attached to an aromatic ring is 1. The van der Waals surface area contributed by atoms with Crippen LogP contribution in [0.25, 0.3) is 0 Å². The van der Waals surface area contributed by atoms with Crippen molar-refractivity contribution in [3.63, 3.8) is 0 Å². The molecule has 2 rings (SSSR count). The Bertz CT molecular complexity index is 547. The summed E-state index contributed by atoms with van der Waals surface area (Å²) in [6.45, 7) is 4.13. The highest BCUT2D eigenvalue weighted by atomic mass is 16.5. The van der Waals surface area contributed by atoms with Crippen molar-refractivity contribution in [1.29, 1.82) is 0 Å². The molecule has 3 N–H and O–H groups in total. The fourth-order valence-electron chi connectivity index (χ4n) is 1.88. The lowest BCUT2D eigenvalue weighted by molar-refractivity contribution is 0.401. The van der Waals surface area contributed by atoms with Gasteiger partial charge in [0.1, 0.15) is 5.82 Å². The zero-order chi connectivity index (χ0) is 13.1. The van der Waals surface area contributed by atoms with Gasteiger partial charge in [-0.05, 0) is 49.2 Å². The van der Waals surface area contributed by atoms with E-state index in [0.29, 0.717) is 17.4 Å². The van der Waals surface area contributed by atoms with Crippen molar-refractivity contribution in [3.05, 3.63) is 41.5 Å². The van der Waals surface area contributed by atoms with E-state index in [1.54, 1.807) is 13.2 Å². The summed E-state index contributed by atoms with van der Waals surface area (Å²) >= 11 is 0. The summed E-state index contributed by atoms with van der Waals surface area (Å²) in [4.78, 5) is 4.29. The van der Waals surface area contributed by atoms with Crippen molar-refractivity contribution in [2.75, 3.05) is 18.2 Å². The van der Waals surface area contributed by atoms with E-state index in [9.17, 15) is 0 Å². The van der Waals surface area contributed by atoms with Gasteiger partial charge in [0.25, 0.3) is 0 Å². The van der Waals surface area contributed by atoms with Crippen LogP contribution in [0.3, 0.4) is 0 Å². The van der Waals surface area contributed by atoms with Crippen LogP contribution >= 0.6 is 0 Å². The van der Waals surface area contributed by atoms with Gasteiger partial charge in [0.2, 0.25) is 5.88 Å². The number of aryl methyl sites for hydroxylation is 2. The molecule has 0 saturated carbocycles. The van der Waals surface area contributed by atoms with E-state index >= 15 is 0 Å². The molecule has 4 heteroatoms. The highest BCUT2D eigenvalue weighted by Crippen LogP contribution is 2.23. The van der Waals surface area contributed by atoms with E-state index in [1.165, 1.54) is 11.1 Å². The summed E-state index contributed by atoms with van der Waals surface area (Å²) in [7, 11) is 1.55. The predicted octanol–water partition coefficient (Wildman–Crippen LogP) is 3.03. The standard InChI is InChI=1S/C14H17N3O/c1-9-6-10(2)8-11(7-9)16-13-5-4-12(15)14(17-13)18-3/h4-8H,15H2,1-3H3,(H,16,17). The van der Waals surface area contributed by atoms with Crippen molar-refractivity contribution < 1.29 is 4.74 Å². The van der Waals surface area contributed by atoms with Gasteiger partial charge in [-0.25, -0.2) is 0 Å². The first-order valence-electron chi connectivity index (χ1n) is 5.74. The molecule has 2 aromatic rings.